The van der Waals surface area contributed by atoms with Crippen molar-refractivity contribution < 1.29 is 23.0 Å². The van der Waals surface area contributed by atoms with Crippen molar-refractivity contribution in [2.24, 2.45) is 11.3 Å². The number of halogens is 3. The Bertz CT molecular complexity index is 657. The topological polar surface area (TPSA) is 83.7 Å². The summed E-state index contributed by atoms with van der Waals surface area (Å²) in [6.07, 6.45) is 1.89. The van der Waals surface area contributed by atoms with Crippen LogP contribution in [0.25, 0.3) is 0 Å². The predicted molar refractivity (Wildman–Crippen MR) is 107 cm³/mol. The lowest BCUT2D eigenvalue weighted by Gasteiger charge is -2.37. The van der Waals surface area contributed by atoms with Gasteiger partial charge < -0.3 is 20.1 Å². The van der Waals surface area contributed by atoms with Crippen molar-refractivity contribution in [3.05, 3.63) is 29.8 Å². The number of ether oxygens (including phenoxy) is 2. The zero-order valence-corrected chi connectivity index (χ0v) is 17.2. The van der Waals surface area contributed by atoms with Crippen LogP contribution in [0.15, 0.2) is 24.3 Å². The first-order chi connectivity index (χ1) is 13.5. The van der Waals surface area contributed by atoms with Gasteiger partial charge in [0.2, 0.25) is 5.91 Å². The number of rotatable bonds is 8. The molecular formula is C19H29ClF2N4O3. The fraction of sp³-hybridized carbons (Fsp3) is 0.632. The fourth-order valence-electron chi connectivity index (χ4n) is 3.98. The molecule has 2 atom stereocenters. The molecule has 2 unspecified atom stereocenters. The summed E-state index contributed by atoms with van der Waals surface area (Å²) in [4.78, 5) is 12.9. The van der Waals surface area contributed by atoms with E-state index >= 15 is 0 Å². The van der Waals surface area contributed by atoms with Gasteiger partial charge in [0, 0.05) is 25.6 Å². The number of alkyl halides is 2. The molecule has 7 nitrogen and oxygen atoms in total. The quantitative estimate of drug-likeness (QED) is 0.497. The molecule has 2 aliphatic rings. The average molecular weight is 435 g/mol. The number of hydrogen-bond donors (Lipinski definition) is 4. The fourth-order valence-corrected chi connectivity index (χ4v) is 3.98. The summed E-state index contributed by atoms with van der Waals surface area (Å²) in [7, 11) is 1.68. The summed E-state index contributed by atoms with van der Waals surface area (Å²) in [6.45, 7) is 0.545. The SMILES string of the molecule is COCC1(CNC(=O)C2CNNC2c2cccc(OC(F)F)c2)CCNCC1.Cl. The number of methoxy groups -OCH3 is 1. The highest BCUT2D eigenvalue weighted by Gasteiger charge is 2.37. The minimum atomic E-state index is -2.88. The number of nitrogens with one attached hydrogen (secondary N) is 4. The Balaban J connectivity index is 0.00000300. The maximum absolute atomic E-state index is 12.9. The first-order valence-electron chi connectivity index (χ1n) is 9.53. The number of piperidine rings is 1. The first-order valence-corrected chi connectivity index (χ1v) is 9.53. The lowest BCUT2D eigenvalue weighted by atomic mass is 9.79. The van der Waals surface area contributed by atoms with Crippen LogP contribution in [0, 0.1) is 11.3 Å². The molecule has 0 radical (unpaired) electrons. The van der Waals surface area contributed by atoms with E-state index in [2.05, 4.69) is 26.2 Å². The van der Waals surface area contributed by atoms with Crippen molar-refractivity contribution in [3.8, 4) is 5.75 Å². The zero-order valence-electron chi connectivity index (χ0n) is 16.4. The smallest absolute Gasteiger partial charge is 0.387 e. The summed E-state index contributed by atoms with van der Waals surface area (Å²) in [5.41, 5.74) is 6.73. The molecule has 1 amide bonds. The van der Waals surface area contributed by atoms with Crippen molar-refractivity contribution in [1.82, 2.24) is 21.5 Å². The molecule has 1 aromatic carbocycles. The third-order valence-electron chi connectivity index (χ3n) is 5.51. The highest BCUT2D eigenvalue weighted by Crippen LogP contribution is 2.30. The largest absolute Gasteiger partial charge is 0.435 e. The molecule has 10 heteroatoms. The van der Waals surface area contributed by atoms with Gasteiger partial charge in [-0.15, -0.1) is 12.4 Å². The Kier molecular flexibility index (Phi) is 9.04. The van der Waals surface area contributed by atoms with E-state index in [1.807, 2.05) is 0 Å². The van der Waals surface area contributed by atoms with Gasteiger partial charge in [-0.3, -0.25) is 10.2 Å². The van der Waals surface area contributed by atoms with Crippen LogP contribution in [-0.2, 0) is 9.53 Å². The average Bonchev–Trinajstić information content (AvgIpc) is 3.17. The Morgan fingerprint density at radius 1 is 1.34 bits per heavy atom. The maximum Gasteiger partial charge on any atom is 0.387 e. The highest BCUT2D eigenvalue weighted by atomic mass is 35.5. The molecule has 0 aromatic heterocycles. The Morgan fingerprint density at radius 3 is 2.79 bits per heavy atom. The van der Waals surface area contributed by atoms with E-state index < -0.39 is 6.61 Å². The number of carbonyl (C=O) groups is 1. The predicted octanol–water partition coefficient (Wildman–Crippen LogP) is 1.61. The standard InChI is InChI=1S/C19H28F2N4O3.ClH/c1-27-12-19(5-7-22-8-6-19)11-23-17(26)15-10-24-25-16(15)13-3-2-4-14(9-13)28-18(20)21;/h2-4,9,15-16,18,22,24-25H,5-8,10-12H2,1H3,(H,23,26);1H. The van der Waals surface area contributed by atoms with Crippen LogP contribution in [0.3, 0.4) is 0 Å². The van der Waals surface area contributed by atoms with Crippen molar-refractivity contribution in [2.75, 3.05) is 39.9 Å². The van der Waals surface area contributed by atoms with E-state index in [-0.39, 0.29) is 41.4 Å². The molecule has 0 aliphatic carbocycles. The number of hydrogen-bond acceptors (Lipinski definition) is 6. The van der Waals surface area contributed by atoms with Crippen LogP contribution in [0.4, 0.5) is 8.78 Å². The lowest BCUT2D eigenvalue weighted by Crippen LogP contribution is -2.48. The highest BCUT2D eigenvalue weighted by molar-refractivity contribution is 5.85. The van der Waals surface area contributed by atoms with Gasteiger partial charge in [0.1, 0.15) is 5.75 Å². The van der Waals surface area contributed by atoms with Gasteiger partial charge in [0.25, 0.3) is 0 Å². The monoisotopic (exact) mass is 434 g/mol. The molecule has 29 heavy (non-hydrogen) atoms. The maximum atomic E-state index is 12.9. The van der Waals surface area contributed by atoms with Gasteiger partial charge in [-0.1, -0.05) is 12.1 Å². The van der Waals surface area contributed by atoms with E-state index in [1.165, 1.54) is 12.1 Å². The van der Waals surface area contributed by atoms with E-state index in [0.29, 0.717) is 19.7 Å². The summed E-state index contributed by atoms with van der Waals surface area (Å²) < 4.78 is 34.8. The van der Waals surface area contributed by atoms with Crippen molar-refractivity contribution in [1.29, 1.82) is 0 Å². The molecule has 2 aliphatic heterocycles. The summed E-state index contributed by atoms with van der Waals surface area (Å²) in [5.74, 6) is -0.353. The van der Waals surface area contributed by atoms with Crippen LogP contribution in [0.1, 0.15) is 24.4 Å². The second kappa shape index (κ2) is 11.0. The summed E-state index contributed by atoms with van der Waals surface area (Å²) in [5, 5.41) is 6.42. The Morgan fingerprint density at radius 2 is 2.10 bits per heavy atom. The van der Waals surface area contributed by atoms with Crippen LogP contribution in [0.2, 0.25) is 0 Å². The molecule has 4 N–H and O–H groups in total. The zero-order chi connectivity index (χ0) is 20.0. The molecule has 0 spiro atoms. The van der Waals surface area contributed by atoms with Gasteiger partial charge in [0.15, 0.2) is 0 Å². The van der Waals surface area contributed by atoms with Crippen LogP contribution in [0.5, 0.6) is 5.75 Å². The molecule has 2 saturated heterocycles. The summed E-state index contributed by atoms with van der Waals surface area (Å²) >= 11 is 0. The van der Waals surface area contributed by atoms with Crippen LogP contribution in [-0.4, -0.2) is 52.4 Å². The van der Waals surface area contributed by atoms with Gasteiger partial charge in [-0.2, -0.15) is 8.78 Å². The third kappa shape index (κ3) is 6.23. The number of amides is 1. The van der Waals surface area contributed by atoms with Crippen LogP contribution < -0.4 is 26.2 Å². The van der Waals surface area contributed by atoms with Crippen molar-refractivity contribution in [3.63, 3.8) is 0 Å². The van der Waals surface area contributed by atoms with Crippen molar-refractivity contribution >= 4 is 18.3 Å². The molecule has 0 bridgehead atoms. The second-order valence-corrected chi connectivity index (χ2v) is 7.46. The first kappa shape index (κ1) is 23.8. The van der Waals surface area contributed by atoms with Gasteiger partial charge in [-0.05, 0) is 43.6 Å². The number of carbonyl (C=O) groups excluding carboxylic acids is 1. The van der Waals surface area contributed by atoms with E-state index in [4.69, 9.17) is 4.74 Å². The molecule has 2 heterocycles. The number of hydrazine groups is 1. The van der Waals surface area contributed by atoms with Gasteiger partial charge in [0.05, 0.1) is 18.6 Å². The minimum absolute atomic E-state index is 0. The van der Waals surface area contributed by atoms with Gasteiger partial charge >= 0.3 is 6.61 Å². The third-order valence-corrected chi connectivity index (χ3v) is 5.51. The molecule has 3 rings (SSSR count). The summed E-state index contributed by atoms with van der Waals surface area (Å²) in [6, 6.07) is 6.12. The second-order valence-electron chi connectivity index (χ2n) is 7.46. The number of benzene rings is 1. The van der Waals surface area contributed by atoms with Crippen molar-refractivity contribution in [2.45, 2.75) is 25.5 Å². The molecule has 1 aromatic rings. The Hall–Kier alpha value is -1.52. The molecule has 2 fully saturated rings. The molecule has 164 valence electrons. The minimum Gasteiger partial charge on any atom is -0.435 e. The normalized spacial score (nSPS) is 23.4. The van der Waals surface area contributed by atoms with Gasteiger partial charge in [-0.25, -0.2) is 5.43 Å². The molecule has 0 saturated carbocycles. The van der Waals surface area contributed by atoms with E-state index in [0.717, 1.165) is 31.5 Å². The van der Waals surface area contributed by atoms with Crippen LogP contribution >= 0.6 is 12.4 Å². The molecular weight excluding hydrogens is 406 g/mol. The lowest BCUT2D eigenvalue weighted by molar-refractivity contribution is -0.125. The Labute approximate surface area is 175 Å². The van der Waals surface area contributed by atoms with E-state index in [9.17, 15) is 13.6 Å². The van der Waals surface area contributed by atoms with E-state index in [1.54, 1.807) is 19.2 Å².